The van der Waals surface area contributed by atoms with Gasteiger partial charge in [-0.1, -0.05) is 0 Å². The van der Waals surface area contributed by atoms with Gasteiger partial charge in [0.05, 0.1) is 29.2 Å². The summed E-state index contributed by atoms with van der Waals surface area (Å²) in [5.74, 6) is -0.551. The first-order valence-corrected chi connectivity index (χ1v) is 8.76. The number of carbonyl (C=O) groups is 1. The molecule has 0 aliphatic rings. The first kappa shape index (κ1) is 18.4. The third-order valence-electron chi connectivity index (χ3n) is 4.42. The molecule has 3 aromatic heterocycles. The molecular formula is C20H17N5O4. The van der Waals surface area contributed by atoms with Gasteiger partial charge in [-0.05, 0) is 31.2 Å². The predicted molar refractivity (Wildman–Crippen MR) is 104 cm³/mol. The SMILES string of the molecule is Cc1nc2ccc(OCc3nn(-c4cnn(C)c4)ccc3=O)cc2cc1C(=O)O. The number of aromatic carboxylic acids is 1. The molecule has 9 heteroatoms. The van der Waals surface area contributed by atoms with E-state index in [0.717, 1.165) is 5.69 Å². The monoisotopic (exact) mass is 391 g/mol. The Kier molecular flexibility index (Phi) is 4.55. The normalized spacial score (nSPS) is 11.0. The average Bonchev–Trinajstić information content (AvgIpc) is 3.13. The zero-order valence-corrected chi connectivity index (χ0v) is 15.7. The number of nitrogens with zero attached hydrogens (tertiary/aromatic N) is 5. The van der Waals surface area contributed by atoms with E-state index in [1.165, 1.54) is 6.07 Å². The van der Waals surface area contributed by atoms with Crippen LogP contribution in [-0.2, 0) is 13.7 Å². The van der Waals surface area contributed by atoms with Gasteiger partial charge in [0.15, 0.2) is 0 Å². The highest BCUT2D eigenvalue weighted by atomic mass is 16.5. The van der Waals surface area contributed by atoms with Gasteiger partial charge in [0.1, 0.15) is 23.7 Å². The third kappa shape index (κ3) is 3.70. The van der Waals surface area contributed by atoms with Gasteiger partial charge >= 0.3 is 5.97 Å². The molecule has 0 bridgehead atoms. The van der Waals surface area contributed by atoms with Crippen LogP contribution in [0.15, 0.2) is 53.7 Å². The highest BCUT2D eigenvalue weighted by Crippen LogP contribution is 2.22. The lowest BCUT2D eigenvalue weighted by Gasteiger charge is -2.09. The lowest BCUT2D eigenvalue weighted by Crippen LogP contribution is -2.17. The maximum absolute atomic E-state index is 12.1. The topological polar surface area (TPSA) is 112 Å². The summed E-state index contributed by atoms with van der Waals surface area (Å²) in [5.41, 5.74) is 1.97. The number of benzene rings is 1. The van der Waals surface area contributed by atoms with E-state index >= 15 is 0 Å². The molecule has 0 aliphatic heterocycles. The molecule has 0 spiro atoms. The Hall–Kier alpha value is -4.01. The van der Waals surface area contributed by atoms with E-state index in [0.29, 0.717) is 22.3 Å². The molecule has 0 saturated heterocycles. The fraction of sp³-hybridized carbons (Fsp3) is 0.150. The van der Waals surface area contributed by atoms with Crippen LogP contribution in [0.4, 0.5) is 0 Å². The van der Waals surface area contributed by atoms with Gasteiger partial charge in [-0.2, -0.15) is 10.2 Å². The second-order valence-electron chi connectivity index (χ2n) is 6.51. The van der Waals surface area contributed by atoms with E-state index in [1.54, 1.807) is 66.2 Å². The smallest absolute Gasteiger partial charge is 0.337 e. The molecule has 1 aromatic carbocycles. The number of fused-ring (bicyclic) bond motifs is 1. The van der Waals surface area contributed by atoms with E-state index in [1.807, 2.05) is 0 Å². The molecule has 0 aliphatic carbocycles. The number of ether oxygens (including phenoxy) is 1. The molecule has 4 rings (SSSR count). The Labute approximate surface area is 164 Å². The van der Waals surface area contributed by atoms with E-state index in [2.05, 4.69) is 15.2 Å². The molecule has 4 aromatic rings. The molecular weight excluding hydrogens is 374 g/mol. The molecule has 0 unspecified atom stereocenters. The summed E-state index contributed by atoms with van der Waals surface area (Å²) in [6.45, 7) is 1.62. The number of hydrogen-bond donors (Lipinski definition) is 1. The van der Waals surface area contributed by atoms with Crippen molar-refractivity contribution < 1.29 is 14.6 Å². The first-order valence-electron chi connectivity index (χ1n) is 8.76. The van der Waals surface area contributed by atoms with E-state index < -0.39 is 5.97 Å². The molecule has 29 heavy (non-hydrogen) atoms. The summed E-state index contributed by atoms with van der Waals surface area (Å²) in [7, 11) is 1.79. The fourth-order valence-electron chi connectivity index (χ4n) is 2.93. The summed E-state index contributed by atoms with van der Waals surface area (Å²) < 4.78 is 8.93. The second kappa shape index (κ2) is 7.19. The maximum atomic E-state index is 12.1. The number of carboxylic acids is 1. The Morgan fingerprint density at radius 1 is 1.24 bits per heavy atom. The van der Waals surface area contributed by atoms with Gasteiger partial charge in [0.25, 0.3) is 0 Å². The molecule has 0 radical (unpaired) electrons. The maximum Gasteiger partial charge on any atom is 0.337 e. The van der Waals surface area contributed by atoms with Crippen molar-refractivity contribution in [3.05, 3.63) is 76.1 Å². The highest BCUT2D eigenvalue weighted by Gasteiger charge is 2.11. The van der Waals surface area contributed by atoms with Crippen molar-refractivity contribution >= 4 is 16.9 Å². The number of carboxylic acid groups (broad SMARTS) is 1. The van der Waals surface area contributed by atoms with Crippen LogP contribution < -0.4 is 10.2 Å². The van der Waals surface area contributed by atoms with Crippen LogP contribution >= 0.6 is 0 Å². The lowest BCUT2D eigenvalue weighted by molar-refractivity contribution is 0.0696. The van der Waals surface area contributed by atoms with Crippen molar-refractivity contribution in [2.75, 3.05) is 0 Å². The van der Waals surface area contributed by atoms with Gasteiger partial charge < -0.3 is 9.84 Å². The molecule has 3 heterocycles. The van der Waals surface area contributed by atoms with Crippen molar-refractivity contribution in [1.29, 1.82) is 0 Å². The molecule has 0 atom stereocenters. The van der Waals surface area contributed by atoms with Gasteiger partial charge in [-0.25, -0.2) is 9.48 Å². The van der Waals surface area contributed by atoms with E-state index in [4.69, 9.17) is 4.74 Å². The number of rotatable bonds is 5. The zero-order valence-electron chi connectivity index (χ0n) is 15.7. The first-order chi connectivity index (χ1) is 13.9. The minimum Gasteiger partial charge on any atom is -0.487 e. The summed E-state index contributed by atoms with van der Waals surface area (Å²) in [6, 6.07) is 8.14. The zero-order chi connectivity index (χ0) is 20.5. The van der Waals surface area contributed by atoms with Crippen molar-refractivity contribution in [3.63, 3.8) is 0 Å². The third-order valence-corrected chi connectivity index (χ3v) is 4.42. The molecule has 9 nitrogen and oxygen atoms in total. The number of hydrogen-bond acceptors (Lipinski definition) is 6. The molecule has 0 amide bonds. The number of aromatic nitrogens is 5. The molecule has 146 valence electrons. The standard InChI is InChI=1S/C20H17N5O4/c1-12-16(20(27)28)8-13-7-15(3-4-17(13)22-12)29-11-18-19(26)5-6-25(23-18)14-9-21-24(2)10-14/h3-10H,11H2,1-2H3,(H,27,28). The summed E-state index contributed by atoms with van der Waals surface area (Å²) in [4.78, 5) is 27.8. The van der Waals surface area contributed by atoms with Crippen molar-refractivity contribution in [2.24, 2.45) is 7.05 Å². The Bertz CT molecular complexity index is 1290. The average molecular weight is 391 g/mol. The van der Waals surface area contributed by atoms with Crippen LogP contribution in [0.2, 0.25) is 0 Å². The van der Waals surface area contributed by atoms with E-state index in [9.17, 15) is 14.7 Å². The highest BCUT2D eigenvalue weighted by molar-refractivity contribution is 5.94. The second-order valence-corrected chi connectivity index (χ2v) is 6.51. The van der Waals surface area contributed by atoms with Gasteiger partial charge in [-0.15, -0.1) is 0 Å². The Morgan fingerprint density at radius 2 is 2.07 bits per heavy atom. The molecule has 1 N–H and O–H groups in total. The Morgan fingerprint density at radius 3 is 2.79 bits per heavy atom. The van der Waals surface area contributed by atoms with Gasteiger partial charge in [0, 0.05) is 24.7 Å². The minimum atomic E-state index is -1.03. The lowest BCUT2D eigenvalue weighted by atomic mass is 10.1. The van der Waals surface area contributed by atoms with Crippen molar-refractivity contribution in [2.45, 2.75) is 13.5 Å². The fourth-order valence-corrected chi connectivity index (χ4v) is 2.93. The predicted octanol–water partition coefficient (Wildman–Crippen LogP) is 2.10. The van der Waals surface area contributed by atoms with Crippen molar-refractivity contribution in [3.8, 4) is 11.4 Å². The van der Waals surface area contributed by atoms with Crippen LogP contribution in [0.25, 0.3) is 16.6 Å². The number of aryl methyl sites for hydroxylation is 2. The molecule has 0 fully saturated rings. The van der Waals surface area contributed by atoms with Crippen molar-refractivity contribution in [1.82, 2.24) is 24.5 Å². The van der Waals surface area contributed by atoms with Crippen LogP contribution in [0, 0.1) is 6.92 Å². The van der Waals surface area contributed by atoms with E-state index in [-0.39, 0.29) is 23.3 Å². The number of pyridine rings is 1. The summed E-state index contributed by atoms with van der Waals surface area (Å²) in [6.07, 6.45) is 4.99. The van der Waals surface area contributed by atoms with Crippen LogP contribution in [-0.4, -0.2) is 35.6 Å². The van der Waals surface area contributed by atoms with Crippen LogP contribution in [0.1, 0.15) is 21.7 Å². The largest absolute Gasteiger partial charge is 0.487 e. The quantitative estimate of drug-likeness (QED) is 0.554. The van der Waals surface area contributed by atoms with Gasteiger partial charge in [0.2, 0.25) is 5.43 Å². The van der Waals surface area contributed by atoms with Gasteiger partial charge in [-0.3, -0.25) is 14.5 Å². The van der Waals surface area contributed by atoms with Crippen LogP contribution in [0.3, 0.4) is 0 Å². The van der Waals surface area contributed by atoms with Crippen LogP contribution in [0.5, 0.6) is 5.75 Å². The molecule has 0 saturated carbocycles. The minimum absolute atomic E-state index is 0.0312. The summed E-state index contributed by atoms with van der Waals surface area (Å²) >= 11 is 0. The Balaban J connectivity index is 1.60. The summed E-state index contributed by atoms with van der Waals surface area (Å²) in [5, 5.41) is 18.3.